The van der Waals surface area contributed by atoms with Gasteiger partial charge in [0.05, 0.1) is 12.0 Å². The average Bonchev–Trinajstić information content (AvgIpc) is 3.22. The van der Waals surface area contributed by atoms with E-state index in [9.17, 15) is 4.79 Å². The van der Waals surface area contributed by atoms with Gasteiger partial charge >= 0.3 is 0 Å². The van der Waals surface area contributed by atoms with E-state index < -0.39 is 0 Å². The van der Waals surface area contributed by atoms with Gasteiger partial charge in [0, 0.05) is 36.9 Å². The van der Waals surface area contributed by atoms with Crippen LogP contribution < -0.4 is 16.2 Å². The van der Waals surface area contributed by atoms with Crippen molar-refractivity contribution in [3.8, 4) is 0 Å². The smallest absolute Gasteiger partial charge is 0.261 e. The van der Waals surface area contributed by atoms with E-state index in [1.807, 2.05) is 41.1 Å². The summed E-state index contributed by atoms with van der Waals surface area (Å²) in [6.45, 7) is 0.698. The molecule has 0 bridgehead atoms. The Morgan fingerprint density at radius 2 is 2.10 bits per heavy atom. The highest BCUT2D eigenvalue weighted by Gasteiger charge is 2.18. The van der Waals surface area contributed by atoms with E-state index >= 15 is 0 Å². The SMILES string of the molecule is N=C(Nc1cccc(Cn2ccnc2)c1)c1c(NC2CCCCC2)cc[nH]c1=O. The van der Waals surface area contributed by atoms with Gasteiger partial charge in [-0.3, -0.25) is 10.2 Å². The van der Waals surface area contributed by atoms with Crippen LogP contribution in [0.4, 0.5) is 11.4 Å². The first-order chi connectivity index (χ1) is 14.2. The van der Waals surface area contributed by atoms with Crippen molar-refractivity contribution in [3.05, 3.63) is 76.7 Å². The second kappa shape index (κ2) is 8.77. The summed E-state index contributed by atoms with van der Waals surface area (Å²) in [5.41, 5.74) is 2.66. The molecular formula is C22H26N6O. The fraction of sp³-hybridized carbons (Fsp3) is 0.318. The van der Waals surface area contributed by atoms with Crippen LogP contribution in [-0.2, 0) is 6.54 Å². The Hall–Kier alpha value is -3.35. The number of nitrogens with one attached hydrogen (secondary N) is 4. The zero-order valence-electron chi connectivity index (χ0n) is 16.3. The Bertz CT molecular complexity index is 1020. The Balaban J connectivity index is 1.52. The van der Waals surface area contributed by atoms with Crippen molar-refractivity contribution < 1.29 is 0 Å². The quantitative estimate of drug-likeness (QED) is 0.380. The molecular weight excluding hydrogens is 364 g/mol. The predicted molar refractivity (Wildman–Crippen MR) is 116 cm³/mol. The van der Waals surface area contributed by atoms with Gasteiger partial charge in [-0.25, -0.2) is 4.98 Å². The highest BCUT2D eigenvalue weighted by atomic mass is 16.1. The molecule has 1 fully saturated rings. The molecule has 0 radical (unpaired) electrons. The molecule has 29 heavy (non-hydrogen) atoms. The van der Waals surface area contributed by atoms with Gasteiger partial charge in [0.15, 0.2) is 0 Å². The molecule has 0 amide bonds. The lowest BCUT2D eigenvalue weighted by Crippen LogP contribution is -2.29. The van der Waals surface area contributed by atoms with Crippen molar-refractivity contribution in [1.82, 2.24) is 14.5 Å². The van der Waals surface area contributed by atoms with Gasteiger partial charge in [0.2, 0.25) is 0 Å². The number of aromatic nitrogens is 3. The van der Waals surface area contributed by atoms with Crippen molar-refractivity contribution in [2.45, 2.75) is 44.7 Å². The second-order valence-corrected chi connectivity index (χ2v) is 7.51. The zero-order chi connectivity index (χ0) is 20.1. The fourth-order valence-electron chi connectivity index (χ4n) is 3.86. The number of benzene rings is 1. The lowest BCUT2D eigenvalue weighted by Gasteiger charge is -2.25. The van der Waals surface area contributed by atoms with Crippen molar-refractivity contribution in [2.24, 2.45) is 0 Å². The minimum absolute atomic E-state index is 0.0879. The lowest BCUT2D eigenvalue weighted by atomic mass is 9.95. The molecule has 0 spiro atoms. The largest absolute Gasteiger partial charge is 0.382 e. The molecule has 0 aliphatic heterocycles. The topological polar surface area (TPSA) is 98.6 Å². The van der Waals surface area contributed by atoms with Crippen LogP contribution in [0.5, 0.6) is 0 Å². The van der Waals surface area contributed by atoms with Crippen molar-refractivity contribution in [1.29, 1.82) is 5.41 Å². The average molecular weight is 390 g/mol. The summed E-state index contributed by atoms with van der Waals surface area (Å²) in [6, 6.07) is 10.1. The molecule has 0 unspecified atom stereocenters. The van der Waals surface area contributed by atoms with Gasteiger partial charge in [0.25, 0.3) is 5.56 Å². The first-order valence-electron chi connectivity index (χ1n) is 10.1. The van der Waals surface area contributed by atoms with Crippen molar-refractivity contribution in [3.63, 3.8) is 0 Å². The molecule has 1 aliphatic rings. The van der Waals surface area contributed by atoms with E-state index in [1.165, 1.54) is 19.3 Å². The Labute approximate surface area is 169 Å². The number of anilines is 2. The van der Waals surface area contributed by atoms with Crippen LogP contribution in [0.1, 0.15) is 43.2 Å². The molecule has 150 valence electrons. The maximum Gasteiger partial charge on any atom is 0.261 e. The summed E-state index contributed by atoms with van der Waals surface area (Å²) >= 11 is 0. The summed E-state index contributed by atoms with van der Waals surface area (Å²) < 4.78 is 1.98. The van der Waals surface area contributed by atoms with E-state index in [-0.39, 0.29) is 11.4 Å². The van der Waals surface area contributed by atoms with Crippen molar-refractivity contribution in [2.75, 3.05) is 10.6 Å². The van der Waals surface area contributed by atoms with E-state index in [4.69, 9.17) is 5.41 Å². The van der Waals surface area contributed by atoms with Crippen LogP contribution >= 0.6 is 0 Å². The number of pyridine rings is 1. The number of aromatic amines is 1. The van der Waals surface area contributed by atoms with Gasteiger partial charge < -0.3 is 20.2 Å². The molecule has 3 aromatic rings. The number of hydrogen-bond acceptors (Lipinski definition) is 4. The van der Waals surface area contributed by atoms with Crippen LogP contribution in [0.2, 0.25) is 0 Å². The van der Waals surface area contributed by atoms with Crippen LogP contribution in [0.3, 0.4) is 0 Å². The maximum atomic E-state index is 12.5. The molecule has 4 rings (SSSR count). The molecule has 4 N–H and O–H groups in total. The Morgan fingerprint density at radius 3 is 2.90 bits per heavy atom. The summed E-state index contributed by atoms with van der Waals surface area (Å²) in [4.78, 5) is 19.3. The number of hydrogen-bond donors (Lipinski definition) is 4. The molecule has 7 heteroatoms. The van der Waals surface area contributed by atoms with Gasteiger partial charge in [0.1, 0.15) is 11.4 Å². The molecule has 1 saturated carbocycles. The second-order valence-electron chi connectivity index (χ2n) is 7.51. The molecule has 7 nitrogen and oxygen atoms in total. The monoisotopic (exact) mass is 390 g/mol. The van der Waals surface area contributed by atoms with E-state index in [1.54, 1.807) is 18.7 Å². The Kier molecular flexibility index (Phi) is 5.74. The number of nitrogens with zero attached hydrogens (tertiary/aromatic N) is 2. The van der Waals surface area contributed by atoms with Crippen LogP contribution in [0.15, 0.2) is 60.0 Å². The Morgan fingerprint density at radius 1 is 1.24 bits per heavy atom. The highest BCUT2D eigenvalue weighted by Crippen LogP contribution is 2.23. The first-order valence-corrected chi connectivity index (χ1v) is 10.1. The van der Waals surface area contributed by atoms with Crippen LogP contribution in [0.25, 0.3) is 0 Å². The number of rotatable bonds is 6. The van der Waals surface area contributed by atoms with Crippen molar-refractivity contribution >= 4 is 17.2 Å². The van der Waals surface area contributed by atoms with E-state index in [0.29, 0.717) is 23.8 Å². The molecule has 0 atom stereocenters. The van der Waals surface area contributed by atoms with Crippen LogP contribution in [-0.4, -0.2) is 26.4 Å². The normalized spacial score (nSPS) is 14.5. The standard InChI is InChI=1S/C22H26N6O/c23-21(27-18-8-4-5-16(13-18)14-28-12-11-24-15-28)20-19(9-10-25-22(20)29)26-17-6-2-1-3-7-17/h4-5,8-13,15,17H,1-3,6-7,14H2,(H2,23,27)(H2,25,26,29). The molecule has 2 heterocycles. The fourth-order valence-corrected chi connectivity index (χ4v) is 3.86. The molecule has 2 aromatic heterocycles. The number of imidazole rings is 1. The third-order valence-electron chi connectivity index (χ3n) is 5.30. The molecule has 0 saturated heterocycles. The highest BCUT2D eigenvalue weighted by molar-refractivity contribution is 6.09. The lowest BCUT2D eigenvalue weighted by molar-refractivity contribution is 0.462. The van der Waals surface area contributed by atoms with Gasteiger partial charge in [-0.05, 0) is 36.6 Å². The van der Waals surface area contributed by atoms with Gasteiger partial charge in [-0.1, -0.05) is 31.4 Å². The molecule has 1 aromatic carbocycles. The minimum Gasteiger partial charge on any atom is -0.382 e. The molecule has 1 aliphatic carbocycles. The summed E-state index contributed by atoms with van der Waals surface area (Å²) in [5, 5.41) is 15.1. The number of H-pyrrole nitrogens is 1. The maximum absolute atomic E-state index is 12.5. The third-order valence-corrected chi connectivity index (χ3v) is 5.30. The van der Waals surface area contributed by atoms with E-state index in [2.05, 4.69) is 20.6 Å². The van der Waals surface area contributed by atoms with Gasteiger partial charge in [-0.2, -0.15) is 0 Å². The zero-order valence-corrected chi connectivity index (χ0v) is 16.3. The van der Waals surface area contributed by atoms with E-state index in [0.717, 1.165) is 24.1 Å². The minimum atomic E-state index is -0.266. The summed E-state index contributed by atoms with van der Waals surface area (Å²) in [7, 11) is 0. The van der Waals surface area contributed by atoms with Crippen LogP contribution in [0, 0.1) is 5.41 Å². The summed E-state index contributed by atoms with van der Waals surface area (Å²) in [6.07, 6.45) is 12.9. The third kappa shape index (κ3) is 4.74. The number of amidine groups is 1. The predicted octanol–water partition coefficient (Wildman–Crippen LogP) is 3.80. The summed E-state index contributed by atoms with van der Waals surface area (Å²) in [5.74, 6) is 0.0879. The first kappa shape index (κ1) is 19.0. The van der Waals surface area contributed by atoms with Gasteiger partial charge in [-0.15, -0.1) is 0 Å².